The van der Waals surface area contributed by atoms with E-state index in [1.54, 1.807) is 0 Å². The molecule has 0 aromatic rings. The van der Waals surface area contributed by atoms with Crippen LogP contribution in [0.2, 0.25) is 0 Å². The van der Waals surface area contributed by atoms with Crippen molar-refractivity contribution in [3.05, 3.63) is 158 Å². The van der Waals surface area contributed by atoms with E-state index in [1.165, 1.54) is 38.5 Å². The number of ether oxygens (including phenoxy) is 3. The number of unbranched alkanes of at least 4 members (excludes halogenated alkanes) is 11. The molecule has 1 atom stereocenters. The zero-order valence-corrected chi connectivity index (χ0v) is 45.2. The first-order chi connectivity index (χ1) is 35.0. The Bertz CT molecular complexity index is 1640. The van der Waals surface area contributed by atoms with Crippen molar-refractivity contribution in [3.8, 4) is 0 Å². The van der Waals surface area contributed by atoms with Gasteiger partial charge >= 0.3 is 17.9 Å². The summed E-state index contributed by atoms with van der Waals surface area (Å²) in [7, 11) is 0. The van der Waals surface area contributed by atoms with Gasteiger partial charge in [0.2, 0.25) is 0 Å². The van der Waals surface area contributed by atoms with Crippen LogP contribution in [0.25, 0.3) is 0 Å². The normalized spacial score (nSPS) is 13.3. The van der Waals surface area contributed by atoms with Gasteiger partial charge in [0, 0.05) is 19.3 Å². The molecule has 0 saturated heterocycles. The van der Waals surface area contributed by atoms with Crippen LogP contribution in [0.5, 0.6) is 0 Å². The van der Waals surface area contributed by atoms with Crippen LogP contribution in [-0.2, 0) is 28.6 Å². The quantitative estimate of drug-likeness (QED) is 0.0262. The van der Waals surface area contributed by atoms with Gasteiger partial charge in [0.15, 0.2) is 6.10 Å². The van der Waals surface area contributed by atoms with E-state index in [-0.39, 0.29) is 38.0 Å². The Kier molecular flexibility index (Phi) is 53.6. The van der Waals surface area contributed by atoms with Crippen molar-refractivity contribution in [2.75, 3.05) is 13.2 Å². The summed E-state index contributed by atoms with van der Waals surface area (Å²) in [6, 6.07) is 0. The highest BCUT2D eigenvalue weighted by Gasteiger charge is 2.19. The largest absolute Gasteiger partial charge is 0.462 e. The summed E-state index contributed by atoms with van der Waals surface area (Å²) < 4.78 is 16.7. The minimum atomic E-state index is -0.845. The molecule has 0 aromatic carbocycles. The van der Waals surface area contributed by atoms with Crippen molar-refractivity contribution in [3.63, 3.8) is 0 Å². The van der Waals surface area contributed by atoms with E-state index in [4.69, 9.17) is 14.2 Å². The van der Waals surface area contributed by atoms with Gasteiger partial charge < -0.3 is 14.2 Å². The van der Waals surface area contributed by atoms with Gasteiger partial charge in [0.25, 0.3) is 0 Å². The van der Waals surface area contributed by atoms with Gasteiger partial charge in [-0.2, -0.15) is 0 Å². The number of hydrogen-bond donors (Lipinski definition) is 0. The molecule has 0 aromatic heterocycles. The van der Waals surface area contributed by atoms with E-state index in [0.29, 0.717) is 19.3 Å². The van der Waals surface area contributed by atoms with Crippen LogP contribution < -0.4 is 0 Å². The zero-order valence-electron chi connectivity index (χ0n) is 45.2. The summed E-state index contributed by atoms with van der Waals surface area (Å²) in [5, 5.41) is 0. The van der Waals surface area contributed by atoms with Crippen LogP contribution in [0.15, 0.2) is 158 Å². The first kappa shape index (κ1) is 66.0. The third-order valence-electron chi connectivity index (χ3n) is 11.0. The maximum atomic E-state index is 12.8. The fraction of sp³-hybridized carbons (Fsp3) is 0.554. The van der Waals surface area contributed by atoms with Crippen LogP contribution >= 0.6 is 0 Å². The Morgan fingerprint density at radius 1 is 0.296 bits per heavy atom. The number of rotatable bonds is 48. The Hall–Kier alpha value is -4.97. The number of esters is 3. The van der Waals surface area contributed by atoms with Crippen molar-refractivity contribution in [2.24, 2.45) is 0 Å². The SMILES string of the molecule is CC/C=C\C/C=C\C/C=C\C/C=C\C/C=C\CCCC(=O)OCC(COC(=O)CCCCCCCC/C=C\C/C=C\C/C=C\CCCCC)OC(=O)CCC/C=C\C/C=C\C/C=C\C/C=C\C/C=C\CC. The fourth-order valence-electron chi connectivity index (χ4n) is 6.87. The minimum absolute atomic E-state index is 0.133. The Balaban J connectivity index is 4.62. The average Bonchev–Trinajstić information content (AvgIpc) is 3.37. The number of carbonyl (C=O) groups is 3. The second kappa shape index (κ2) is 57.6. The maximum Gasteiger partial charge on any atom is 0.306 e. The van der Waals surface area contributed by atoms with Gasteiger partial charge in [-0.15, -0.1) is 0 Å². The first-order valence-corrected chi connectivity index (χ1v) is 28.0. The molecule has 6 nitrogen and oxygen atoms in total. The molecule has 0 bridgehead atoms. The first-order valence-electron chi connectivity index (χ1n) is 28.0. The van der Waals surface area contributed by atoms with E-state index < -0.39 is 12.1 Å². The predicted molar refractivity (Wildman–Crippen MR) is 306 cm³/mol. The van der Waals surface area contributed by atoms with Crippen LogP contribution in [-0.4, -0.2) is 37.2 Å². The van der Waals surface area contributed by atoms with Crippen molar-refractivity contribution in [1.82, 2.24) is 0 Å². The molecule has 0 saturated carbocycles. The van der Waals surface area contributed by atoms with Gasteiger partial charge in [-0.05, 0) is 135 Å². The molecule has 0 heterocycles. The predicted octanol–water partition coefficient (Wildman–Crippen LogP) is 19.0. The highest BCUT2D eigenvalue weighted by Crippen LogP contribution is 2.12. The van der Waals surface area contributed by atoms with Crippen LogP contribution in [0.1, 0.15) is 213 Å². The number of carbonyl (C=O) groups excluding carboxylic acids is 3. The van der Waals surface area contributed by atoms with Gasteiger partial charge in [0.05, 0.1) is 0 Å². The lowest BCUT2D eigenvalue weighted by molar-refractivity contribution is -0.167. The lowest BCUT2D eigenvalue weighted by atomic mass is 10.1. The van der Waals surface area contributed by atoms with Crippen molar-refractivity contribution in [2.45, 2.75) is 219 Å². The maximum absolute atomic E-state index is 12.8. The smallest absolute Gasteiger partial charge is 0.306 e. The van der Waals surface area contributed by atoms with E-state index in [2.05, 4.69) is 179 Å². The fourth-order valence-corrected chi connectivity index (χ4v) is 6.87. The summed E-state index contributed by atoms with van der Waals surface area (Å²) in [5.41, 5.74) is 0. The molecule has 0 amide bonds. The molecular weight excluding hydrogens is 877 g/mol. The summed E-state index contributed by atoms with van der Waals surface area (Å²) in [6.07, 6.45) is 83.8. The Morgan fingerprint density at radius 3 is 0.915 bits per heavy atom. The Labute approximate surface area is 435 Å². The molecule has 0 aliphatic heterocycles. The van der Waals surface area contributed by atoms with Gasteiger partial charge in [-0.1, -0.05) is 217 Å². The monoisotopic (exact) mass is 977 g/mol. The Morgan fingerprint density at radius 2 is 0.563 bits per heavy atom. The molecule has 396 valence electrons. The molecule has 0 radical (unpaired) electrons. The highest BCUT2D eigenvalue weighted by atomic mass is 16.6. The van der Waals surface area contributed by atoms with Crippen molar-refractivity contribution in [1.29, 1.82) is 0 Å². The average molecular weight is 978 g/mol. The molecule has 0 rings (SSSR count). The summed E-state index contributed by atoms with van der Waals surface area (Å²) in [5.74, 6) is -1.07. The molecule has 71 heavy (non-hydrogen) atoms. The van der Waals surface area contributed by atoms with Gasteiger partial charge in [0.1, 0.15) is 13.2 Å². The van der Waals surface area contributed by atoms with Gasteiger partial charge in [-0.3, -0.25) is 14.4 Å². The van der Waals surface area contributed by atoms with Crippen LogP contribution in [0.3, 0.4) is 0 Å². The van der Waals surface area contributed by atoms with E-state index >= 15 is 0 Å². The standard InChI is InChI=1S/C65H100O6/c1-4-7-10-13-16-19-22-25-28-31-32-35-37-40-43-46-49-52-55-58-64(67)70-61-62(71-65(68)59-56-53-50-47-44-41-38-34-30-27-24-21-18-15-12-9-6-3)60-69-63(66)57-54-51-48-45-42-39-36-33-29-26-23-20-17-14-11-8-5-2/h8-9,11-12,16-21,25-30,32,35-36,38-39,41,45,47-48,50,62H,4-7,10,13-15,22-24,31,33-34,37,40,42-44,46,49,51-61H2,1-3H3/b11-8-,12-9-,19-16-,20-17-,21-18-,28-25-,29-26-,30-27-,35-32-,39-36-,41-38-,48-45-,50-47-. The van der Waals surface area contributed by atoms with Crippen LogP contribution in [0.4, 0.5) is 0 Å². The summed E-state index contributed by atoms with van der Waals surface area (Å²) in [6.45, 7) is 6.26. The second-order valence-electron chi connectivity index (χ2n) is 17.7. The van der Waals surface area contributed by atoms with E-state index in [0.717, 1.165) is 122 Å². The van der Waals surface area contributed by atoms with Crippen molar-refractivity contribution < 1.29 is 28.6 Å². The molecule has 0 fully saturated rings. The van der Waals surface area contributed by atoms with E-state index in [9.17, 15) is 14.4 Å². The lowest BCUT2D eigenvalue weighted by Crippen LogP contribution is -2.30. The number of hydrogen-bond acceptors (Lipinski definition) is 6. The zero-order chi connectivity index (χ0) is 51.4. The van der Waals surface area contributed by atoms with Crippen molar-refractivity contribution >= 4 is 17.9 Å². The molecule has 1 unspecified atom stereocenters. The topological polar surface area (TPSA) is 78.9 Å². The third-order valence-corrected chi connectivity index (χ3v) is 11.0. The van der Waals surface area contributed by atoms with Gasteiger partial charge in [-0.25, -0.2) is 0 Å². The minimum Gasteiger partial charge on any atom is -0.462 e. The molecule has 0 spiro atoms. The second-order valence-corrected chi connectivity index (χ2v) is 17.7. The summed E-state index contributed by atoms with van der Waals surface area (Å²) in [4.78, 5) is 38.1. The van der Waals surface area contributed by atoms with Crippen LogP contribution in [0, 0.1) is 0 Å². The van der Waals surface area contributed by atoms with E-state index in [1.807, 2.05) is 0 Å². The third kappa shape index (κ3) is 55.8. The molecule has 0 N–H and O–H groups in total. The lowest BCUT2D eigenvalue weighted by Gasteiger charge is -2.18. The molecular formula is C65H100O6. The molecule has 6 heteroatoms. The number of allylic oxidation sites excluding steroid dienone is 26. The highest BCUT2D eigenvalue weighted by molar-refractivity contribution is 5.71. The molecule has 0 aliphatic rings. The molecule has 0 aliphatic carbocycles. The summed E-state index contributed by atoms with van der Waals surface area (Å²) >= 11 is 0.